The third kappa shape index (κ3) is 1.77. The number of rotatable bonds is 2. The number of nitrogens with two attached hydrogens (primary N) is 1. The maximum atomic E-state index is 8.99. The van der Waals surface area contributed by atoms with Gasteiger partial charge in [0.1, 0.15) is 16.6 Å². The fraction of sp³-hybridized carbons (Fsp3) is 0.600. The van der Waals surface area contributed by atoms with Gasteiger partial charge >= 0.3 is 0 Å². The van der Waals surface area contributed by atoms with E-state index in [1.165, 1.54) is 37.2 Å². The lowest BCUT2D eigenvalue weighted by atomic mass is 10.2. The summed E-state index contributed by atoms with van der Waals surface area (Å²) in [6, 6.07) is 2.68. The molecule has 1 fully saturated rings. The molecule has 15 heavy (non-hydrogen) atoms. The van der Waals surface area contributed by atoms with Crippen molar-refractivity contribution in [3.8, 4) is 6.07 Å². The molecule has 0 radical (unpaired) electrons. The van der Waals surface area contributed by atoms with Crippen LogP contribution >= 0.6 is 11.5 Å². The van der Waals surface area contributed by atoms with E-state index in [1.807, 2.05) is 7.05 Å². The number of nitrogens with zero attached hydrogens (tertiary/aromatic N) is 3. The van der Waals surface area contributed by atoms with Gasteiger partial charge in [-0.3, -0.25) is 0 Å². The lowest BCUT2D eigenvalue weighted by Gasteiger charge is -2.24. The molecular weight excluding hydrogens is 208 g/mol. The number of hydrogen-bond acceptors (Lipinski definition) is 5. The van der Waals surface area contributed by atoms with Gasteiger partial charge in [-0.05, 0) is 24.4 Å². The zero-order chi connectivity index (χ0) is 10.8. The molecule has 1 aliphatic carbocycles. The van der Waals surface area contributed by atoms with Crippen molar-refractivity contribution < 1.29 is 0 Å². The molecule has 1 aliphatic rings. The minimum Gasteiger partial charge on any atom is -0.382 e. The van der Waals surface area contributed by atoms with Crippen LogP contribution in [0.4, 0.5) is 10.8 Å². The smallest absolute Gasteiger partial charge is 0.157 e. The van der Waals surface area contributed by atoms with Gasteiger partial charge < -0.3 is 10.6 Å². The van der Waals surface area contributed by atoms with Gasteiger partial charge in [0.2, 0.25) is 0 Å². The molecule has 0 aromatic carbocycles. The van der Waals surface area contributed by atoms with Gasteiger partial charge in [0.25, 0.3) is 0 Å². The second-order valence-electron chi connectivity index (χ2n) is 3.91. The van der Waals surface area contributed by atoms with Crippen LogP contribution in [0.25, 0.3) is 0 Å². The monoisotopic (exact) mass is 222 g/mol. The average molecular weight is 222 g/mol. The van der Waals surface area contributed by atoms with E-state index in [2.05, 4.69) is 15.3 Å². The highest BCUT2D eigenvalue weighted by Crippen LogP contribution is 2.34. The van der Waals surface area contributed by atoms with Gasteiger partial charge in [0, 0.05) is 13.1 Å². The maximum Gasteiger partial charge on any atom is 0.157 e. The van der Waals surface area contributed by atoms with Crippen molar-refractivity contribution in [2.45, 2.75) is 31.7 Å². The SMILES string of the molecule is CN(c1snc(N)c1C#N)C1CCCC1. The van der Waals surface area contributed by atoms with Gasteiger partial charge in [-0.15, -0.1) is 0 Å². The highest BCUT2D eigenvalue weighted by atomic mass is 32.1. The minimum atomic E-state index is 0.363. The molecule has 0 unspecified atom stereocenters. The second kappa shape index (κ2) is 4.07. The predicted molar refractivity (Wildman–Crippen MR) is 61.9 cm³/mol. The maximum absolute atomic E-state index is 8.99. The van der Waals surface area contributed by atoms with Gasteiger partial charge in [0.15, 0.2) is 5.82 Å². The van der Waals surface area contributed by atoms with Crippen molar-refractivity contribution in [2.24, 2.45) is 0 Å². The second-order valence-corrected chi connectivity index (χ2v) is 4.66. The molecule has 0 spiro atoms. The highest BCUT2D eigenvalue weighted by molar-refractivity contribution is 7.10. The molecule has 0 saturated heterocycles. The third-order valence-corrected chi connectivity index (χ3v) is 3.96. The Morgan fingerprint density at radius 3 is 2.80 bits per heavy atom. The molecule has 2 N–H and O–H groups in total. The first-order chi connectivity index (χ1) is 7.24. The summed E-state index contributed by atoms with van der Waals surface area (Å²) in [5.41, 5.74) is 6.17. The normalized spacial score (nSPS) is 16.5. The standard InChI is InChI=1S/C10H14N4S/c1-14(7-4-2-3-5-7)10-8(6-11)9(12)13-15-10/h7H,2-5H2,1H3,(H2,12,13). The van der Waals surface area contributed by atoms with E-state index in [-0.39, 0.29) is 0 Å². The van der Waals surface area contributed by atoms with Crippen molar-refractivity contribution in [2.75, 3.05) is 17.7 Å². The Morgan fingerprint density at radius 1 is 1.53 bits per heavy atom. The van der Waals surface area contributed by atoms with Gasteiger partial charge in [-0.1, -0.05) is 12.8 Å². The van der Waals surface area contributed by atoms with Crippen LogP contribution in [-0.4, -0.2) is 17.5 Å². The molecule has 0 bridgehead atoms. The van der Waals surface area contributed by atoms with E-state index in [9.17, 15) is 0 Å². The molecule has 1 saturated carbocycles. The van der Waals surface area contributed by atoms with Crippen molar-refractivity contribution in [3.05, 3.63) is 5.56 Å². The molecule has 1 aromatic rings. The van der Waals surface area contributed by atoms with Gasteiger partial charge in [-0.25, -0.2) is 0 Å². The fourth-order valence-corrected chi connectivity index (χ4v) is 2.89. The van der Waals surface area contributed by atoms with Crippen LogP contribution in [0.3, 0.4) is 0 Å². The first kappa shape index (κ1) is 10.2. The van der Waals surface area contributed by atoms with Crippen molar-refractivity contribution in [1.82, 2.24) is 4.37 Å². The number of hydrogen-bond donors (Lipinski definition) is 1. The van der Waals surface area contributed by atoms with Crippen molar-refractivity contribution in [1.29, 1.82) is 5.26 Å². The fourth-order valence-electron chi connectivity index (χ4n) is 2.10. The third-order valence-electron chi connectivity index (χ3n) is 3.01. The zero-order valence-electron chi connectivity index (χ0n) is 8.73. The largest absolute Gasteiger partial charge is 0.382 e. The molecule has 0 aliphatic heterocycles. The summed E-state index contributed by atoms with van der Waals surface area (Å²) in [7, 11) is 2.03. The Kier molecular flexibility index (Phi) is 2.78. The Balaban J connectivity index is 2.25. The van der Waals surface area contributed by atoms with Crippen molar-refractivity contribution in [3.63, 3.8) is 0 Å². The Morgan fingerprint density at radius 2 is 2.20 bits per heavy atom. The molecule has 4 nitrogen and oxygen atoms in total. The molecule has 0 amide bonds. The summed E-state index contributed by atoms with van der Waals surface area (Å²) in [6.45, 7) is 0. The predicted octanol–water partition coefficient (Wildman–Crippen LogP) is 1.98. The van der Waals surface area contributed by atoms with E-state index in [0.717, 1.165) is 5.00 Å². The highest BCUT2D eigenvalue weighted by Gasteiger charge is 2.24. The first-order valence-corrected chi connectivity index (χ1v) is 5.89. The van der Waals surface area contributed by atoms with E-state index in [0.29, 0.717) is 17.4 Å². The quantitative estimate of drug-likeness (QED) is 0.830. The Labute approximate surface area is 93.5 Å². The zero-order valence-corrected chi connectivity index (χ0v) is 9.55. The summed E-state index contributed by atoms with van der Waals surface area (Å²) in [4.78, 5) is 2.17. The van der Waals surface area contributed by atoms with E-state index in [4.69, 9.17) is 11.0 Å². The number of nitrogen functional groups attached to an aromatic ring is 1. The van der Waals surface area contributed by atoms with Crippen LogP contribution in [0.1, 0.15) is 31.2 Å². The first-order valence-electron chi connectivity index (χ1n) is 5.12. The Hall–Kier alpha value is -1.28. The van der Waals surface area contributed by atoms with Crippen LogP contribution in [-0.2, 0) is 0 Å². The Bertz CT molecular complexity index is 387. The molecule has 1 aromatic heterocycles. The lowest BCUT2D eigenvalue weighted by Crippen LogP contribution is -2.28. The summed E-state index contributed by atoms with van der Waals surface area (Å²) < 4.78 is 4.04. The molecule has 1 heterocycles. The van der Waals surface area contributed by atoms with Crippen LogP contribution in [0.15, 0.2) is 0 Å². The summed E-state index contributed by atoms with van der Waals surface area (Å²) in [6.07, 6.45) is 4.98. The average Bonchev–Trinajstić information content (AvgIpc) is 2.85. The van der Waals surface area contributed by atoms with E-state index in [1.54, 1.807) is 0 Å². The van der Waals surface area contributed by atoms with Gasteiger partial charge in [-0.2, -0.15) is 9.64 Å². The molecule has 80 valence electrons. The molecule has 2 rings (SSSR count). The summed E-state index contributed by atoms with van der Waals surface area (Å²) in [5.74, 6) is 0.363. The van der Waals surface area contributed by atoms with Crippen molar-refractivity contribution >= 4 is 22.4 Å². The number of anilines is 2. The lowest BCUT2D eigenvalue weighted by molar-refractivity contribution is 0.657. The topological polar surface area (TPSA) is 65.9 Å². The molecule has 5 heteroatoms. The van der Waals surface area contributed by atoms with Crippen LogP contribution < -0.4 is 10.6 Å². The summed E-state index contributed by atoms with van der Waals surface area (Å²) in [5, 5.41) is 9.91. The summed E-state index contributed by atoms with van der Waals surface area (Å²) >= 11 is 1.32. The van der Waals surface area contributed by atoms with E-state index >= 15 is 0 Å². The molecular formula is C10H14N4S. The van der Waals surface area contributed by atoms with Crippen LogP contribution in [0.5, 0.6) is 0 Å². The van der Waals surface area contributed by atoms with E-state index < -0.39 is 0 Å². The number of aromatic nitrogens is 1. The molecule has 0 atom stereocenters. The van der Waals surface area contributed by atoms with Crippen LogP contribution in [0.2, 0.25) is 0 Å². The number of nitriles is 1. The van der Waals surface area contributed by atoms with Crippen LogP contribution in [0, 0.1) is 11.3 Å². The van der Waals surface area contributed by atoms with Gasteiger partial charge in [0.05, 0.1) is 0 Å². The minimum absolute atomic E-state index is 0.363.